The molecule has 32 heavy (non-hydrogen) atoms. The van der Waals surface area contributed by atoms with Gasteiger partial charge in [-0.05, 0) is 60.1 Å². The van der Waals surface area contributed by atoms with Crippen molar-refractivity contribution < 1.29 is 14.3 Å². The van der Waals surface area contributed by atoms with Gasteiger partial charge in [0, 0.05) is 19.2 Å². The van der Waals surface area contributed by atoms with E-state index in [0.29, 0.717) is 38.8 Å². The molecule has 0 atom stereocenters. The smallest absolute Gasteiger partial charge is 0.246 e. The minimum Gasteiger partial charge on any atom is -0.385 e. The van der Waals surface area contributed by atoms with Crippen LogP contribution in [0.2, 0.25) is 0 Å². The Morgan fingerprint density at radius 3 is 2.25 bits per heavy atom. The monoisotopic (exact) mass is 429 g/mol. The third-order valence-electron chi connectivity index (χ3n) is 6.23. The molecule has 3 nitrogen and oxygen atoms in total. The van der Waals surface area contributed by atoms with E-state index in [1.807, 2.05) is 71.6 Å². The summed E-state index contributed by atoms with van der Waals surface area (Å²) < 4.78 is 13.6. The van der Waals surface area contributed by atoms with Gasteiger partial charge in [-0.15, -0.1) is 0 Å². The lowest BCUT2D eigenvalue weighted by Gasteiger charge is -2.38. The summed E-state index contributed by atoms with van der Waals surface area (Å²) in [6.07, 6.45) is 4.03. The number of carbonyl (C=O) groups excluding carboxylic acids is 1. The minimum absolute atomic E-state index is 0.0433. The number of benzene rings is 3. The number of hydrogen-bond donors (Lipinski definition) is 1. The topological polar surface area (TPSA) is 40.5 Å². The van der Waals surface area contributed by atoms with Crippen molar-refractivity contribution in [2.24, 2.45) is 0 Å². The van der Waals surface area contributed by atoms with Crippen molar-refractivity contribution >= 4 is 11.5 Å². The first-order valence-electron chi connectivity index (χ1n) is 11.1. The Morgan fingerprint density at radius 1 is 0.938 bits per heavy atom. The van der Waals surface area contributed by atoms with Crippen LogP contribution < -0.4 is 0 Å². The highest BCUT2D eigenvalue weighted by atomic mass is 19.1. The molecule has 1 fully saturated rings. The van der Waals surface area contributed by atoms with Gasteiger partial charge in [0.05, 0.1) is 5.60 Å². The van der Waals surface area contributed by atoms with Gasteiger partial charge in [-0.2, -0.15) is 0 Å². The predicted molar refractivity (Wildman–Crippen MR) is 125 cm³/mol. The number of hydrogen-bond acceptors (Lipinski definition) is 2. The van der Waals surface area contributed by atoms with Crippen molar-refractivity contribution in [1.82, 2.24) is 4.90 Å². The maximum absolute atomic E-state index is 13.6. The zero-order chi connectivity index (χ0) is 22.4. The zero-order valence-electron chi connectivity index (χ0n) is 18.1. The average molecular weight is 430 g/mol. The van der Waals surface area contributed by atoms with Gasteiger partial charge in [0.25, 0.3) is 0 Å². The predicted octanol–water partition coefficient (Wildman–Crippen LogP) is 5.35. The SMILES string of the molecule is O=C(/C=C(/CCc1cccc(F)c1)c1ccccc1)N1CCC(O)(c2ccccc2)CC1. The van der Waals surface area contributed by atoms with Crippen LogP contribution in [-0.4, -0.2) is 29.0 Å². The van der Waals surface area contributed by atoms with Crippen LogP contribution in [0.15, 0.2) is 91.0 Å². The molecule has 0 aliphatic carbocycles. The van der Waals surface area contributed by atoms with Crippen LogP contribution in [0.4, 0.5) is 4.39 Å². The van der Waals surface area contributed by atoms with Crippen LogP contribution in [0.25, 0.3) is 5.57 Å². The summed E-state index contributed by atoms with van der Waals surface area (Å²) in [7, 11) is 0. The van der Waals surface area contributed by atoms with Crippen LogP contribution >= 0.6 is 0 Å². The fourth-order valence-corrected chi connectivity index (χ4v) is 4.30. The molecule has 3 aromatic rings. The van der Waals surface area contributed by atoms with E-state index in [1.165, 1.54) is 6.07 Å². The lowest BCUT2D eigenvalue weighted by molar-refractivity contribution is -0.130. The number of piperidine rings is 1. The van der Waals surface area contributed by atoms with Crippen molar-refractivity contribution in [1.29, 1.82) is 0 Å². The van der Waals surface area contributed by atoms with Gasteiger partial charge in [0.15, 0.2) is 0 Å². The van der Waals surface area contributed by atoms with E-state index in [0.717, 1.165) is 22.3 Å². The first-order chi connectivity index (χ1) is 15.5. The van der Waals surface area contributed by atoms with Crippen LogP contribution in [0.3, 0.4) is 0 Å². The Balaban J connectivity index is 1.47. The number of likely N-dealkylation sites (tertiary alicyclic amines) is 1. The van der Waals surface area contributed by atoms with E-state index >= 15 is 0 Å². The molecule has 3 aromatic carbocycles. The van der Waals surface area contributed by atoms with Crippen molar-refractivity contribution in [2.75, 3.05) is 13.1 Å². The highest BCUT2D eigenvalue weighted by Gasteiger charge is 2.34. The van der Waals surface area contributed by atoms with E-state index < -0.39 is 5.60 Å². The number of nitrogens with zero attached hydrogens (tertiary/aromatic N) is 1. The van der Waals surface area contributed by atoms with Crippen molar-refractivity contribution in [2.45, 2.75) is 31.3 Å². The lowest BCUT2D eigenvalue weighted by Crippen LogP contribution is -2.44. The van der Waals surface area contributed by atoms with E-state index in [2.05, 4.69) is 0 Å². The molecule has 0 saturated carbocycles. The summed E-state index contributed by atoms with van der Waals surface area (Å²) in [6, 6.07) is 26.1. The van der Waals surface area contributed by atoms with Crippen LogP contribution in [-0.2, 0) is 16.8 Å². The fourth-order valence-electron chi connectivity index (χ4n) is 4.30. The number of halogens is 1. The number of allylic oxidation sites excluding steroid dienone is 1. The van der Waals surface area contributed by atoms with Gasteiger partial charge in [0.2, 0.25) is 5.91 Å². The Labute approximate surface area is 188 Å². The summed E-state index contributed by atoms with van der Waals surface area (Å²) >= 11 is 0. The Morgan fingerprint density at radius 2 is 1.59 bits per heavy atom. The summed E-state index contributed by atoms with van der Waals surface area (Å²) in [4.78, 5) is 14.9. The quantitative estimate of drug-likeness (QED) is 0.537. The molecule has 1 aliphatic heterocycles. The first kappa shape index (κ1) is 22.0. The van der Waals surface area contributed by atoms with Crippen LogP contribution in [0.1, 0.15) is 36.0 Å². The van der Waals surface area contributed by atoms with Crippen LogP contribution in [0, 0.1) is 5.82 Å². The number of carbonyl (C=O) groups is 1. The van der Waals surface area contributed by atoms with Gasteiger partial charge in [-0.3, -0.25) is 4.79 Å². The highest BCUT2D eigenvalue weighted by Crippen LogP contribution is 2.33. The summed E-state index contributed by atoms with van der Waals surface area (Å²) in [6.45, 7) is 1.01. The summed E-state index contributed by atoms with van der Waals surface area (Å²) in [5.41, 5.74) is 2.85. The van der Waals surface area contributed by atoms with Crippen molar-refractivity contribution in [3.05, 3.63) is 114 Å². The maximum Gasteiger partial charge on any atom is 0.246 e. The number of aryl methyl sites for hydroxylation is 1. The van der Waals surface area contributed by atoms with Crippen LogP contribution in [0.5, 0.6) is 0 Å². The zero-order valence-corrected chi connectivity index (χ0v) is 18.1. The molecule has 4 heteroatoms. The molecule has 164 valence electrons. The molecule has 0 radical (unpaired) electrons. The maximum atomic E-state index is 13.6. The highest BCUT2D eigenvalue weighted by molar-refractivity contribution is 5.95. The molecule has 0 spiro atoms. The van der Waals surface area contributed by atoms with Gasteiger partial charge >= 0.3 is 0 Å². The summed E-state index contributed by atoms with van der Waals surface area (Å²) in [5.74, 6) is -0.291. The number of amides is 1. The van der Waals surface area contributed by atoms with Gasteiger partial charge in [-0.25, -0.2) is 4.39 Å². The molecule has 0 aromatic heterocycles. The van der Waals surface area contributed by atoms with E-state index in [1.54, 1.807) is 18.2 Å². The Kier molecular flexibility index (Phi) is 6.81. The molecule has 0 unspecified atom stereocenters. The van der Waals surface area contributed by atoms with E-state index in [9.17, 15) is 14.3 Å². The Bertz CT molecular complexity index is 1070. The van der Waals surface area contributed by atoms with Crippen molar-refractivity contribution in [3.63, 3.8) is 0 Å². The van der Waals surface area contributed by atoms with Gasteiger partial charge < -0.3 is 10.0 Å². The molecule has 1 aliphatic rings. The second-order valence-electron chi connectivity index (χ2n) is 8.39. The second kappa shape index (κ2) is 9.92. The average Bonchev–Trinajstić information content (AvgIpc) is 2.83. The largest absolute Gasteiger partial charge is 0.385 e. The fraction of sp³-hybridized carbons (Fsp3) is 0.250. The normalized spacial score (nSPS) is 16.1. The molecule has 1 N–H and O–H groups in total. The third-order valence-corrected chi connectivity index (χ3v) is 6.23. The van der Waals surface area contributed by atoms with E-state index in [-0.39, 0.29) is 11.7 Å². The van der Waals surface area contributed by atoms with Crippen molar-refractivity contribution in [3.8, 4) is 0 Å². The molecule has 1 saturated heterocycles. The number of rotatable bonds is 6. The van der Waals surface area contributed by atoms with Gasteiger partial charge in [0.1, 0.15) is 5.82 Å². The third kappa shape index (κ3) is 5.32. The second-order valence-corrected chi connectivity index (χ2v) is 8.39. The van der Waals surface area contributed by atoms with Gasteiger partial charge in [-0.1, -0.05) is 72.8 Å². The standard InChI is InChI=1S/C28H28FNO2/c29-26-13-7-8-22(20-26)14-15-24(23-9-3-1-4-10-23)21-27(31)30-18-16-28(32,17-19-30)25-11-5-2-6-12-25/h1-13,20-21,32H,14-19H2/b24-21-. The molecule has 1 amide bonds. The molecule has 0 bridgehead atoms. The minimum atomic E-state index is -0.888. The molecule has 4 rings (SSSR count). The molecular weight excluding hydrogens is 401 g/mol. The molecule has 1 heterocycles. The number of aliphatic hydroxyl groups is 1. The Hall–Kier alpha value is -3.24. The lowest BCUT2D eigenvalue weighted by atomic mass is 9.84. The van der Waals surface area contributed by atoms with E-state index in [4.69, 9.17) is 0 Å². The first-order valence-corrected chi connectivity index (χ1v) is 11.1. The molecular formula is C28H28FNO2. The summed E-state index contributed by atoms with van der Waals surface area (Å²) in [5, 5.41) is 11.1.